The Morgan fingerprint density at radius 2 is 1.83 bits per heavy atom. The minimum Gasteiger partial charge on any atom is -0.461 e. The van der Waals surface area contributed by atoms with Crippen LogP contribution >= 0.6 is 27.5 Å². The molecule has 0 saturated heterocycles. The number of hydrogen-bond acceptors (Lipinski definition) is 4. The molecule has 0 bridgehead atoms. The molecule has 0 saturated carbocycles. The van der Waals surface area contributed by atoms with Gasteiger partial charge in [0.1, 0.15) is 5.75 Å². The number of benzene rings is 3. The van der Waals surface area contributed by atoms with Crippen LogP contribution in [0.3, 0.4) is 0 Å². The van der Waals surface area contributed by atoms with Crippen molar-refractivity contribution < 1.29 is 9.53 Å². The molecule has 144 valence electrons. The number of carbonyl (C=O) groups excluding carboxylic acids is 1. The molecule has 3 aromatic rings. The maximum Gasteiger partial charge on any atom is 0.251 e. The Hall–Kier alpha value is -2.63. The highest BCUT2D eigenvalue weighted by Gasteiger charge is 2.43. The van der Waals surface area contributed by atoms with Crippen LogP contribution in [0.15, 0.2) is 82.4 Å². The maximum atomic E-state index is 13.2. The number of hydrogen-bond donors (Lipinski definition) is 0. The highest BCUT2D eigenvalue weighted by atomic mass is 79.9. The summed E-state index contributed by atoms with van der Waals surface area (Å²) in [5.74, 6) is 0.564. The second kappa shape index (κ2) is 7.32. The quantitative estimate of drug-likeness (QED) is 0.453. The molecule has 4 nitrogen and oxygen atoms in total. The number of Topliss-reactive ketones (excluding diaryl/α,β-unsaturated/α-hetero) is 1. The van der Waals surface area contributed by atoms with Gasteiger partial charge in [-0.2, -0.15) is 5.10 Å². The predicted octanol–water partition coefficient (Wildman–Crippen LogP) is 5.86. The first-order valence-corrected chi connectivity index (χ1v) is 10.4. The van der Waals surface area contributed by atoms with E-state index in [9.17, 15) is 4.79 Å². The van der Waals surface area contributed by atoms with Crippen LogP contribution < -0.4 is 4.74 Å². The van der Waals surface area contributed by atoms with E-state index in [-0.39, 0.29) is 11.8 Å². The zero-order valence-corrected chi connectivity index (χ0v) is 17.6. The van der Waals surface area contributed by atoms with Gasteiger partial charge in [0, 0.05) is 27.0 Å². The van der Waals surface area contributed by atoms with Crippen molar-refractivity contribution >= 4 is 39.0 Å². The number of rotatable bonds is 3. The monoisotopic (exact) mass is 466 g/mol. The van der Waals surface area contributed by atoms with Crippen LogP contribution in [0.4, 0.5) is 0 Å². The number of halogens is 2. The van der Waals surface area contributed by atoms with Gasteiger partial charge in [0.15, 0.2) is 0 Å². The van der Waals surface area contributed by atoms with Crippen LogP contribution in [0.2, 0.25) is 5.02 Å². The van der Waals surface area contributed by atoms with Gasteiger partial charge in [0.2, 0.25) is 5.78 Å². The molecule has 0 aromatic heterocycles. The lowest BCUT2D eigenvalue weighted by Crippen LogP contribution is -2.45. The van der Waals surface area contributed by atoms with Crippen molar-refractivity contribution in [3.63, 3.8) is 0 Å². The molecule has 6 heteroatoms. The molecule has 2 atom stereocenters. The first-order valence-electron chi connectivity index (χ1n) is 9.27. The Balaban J connectivity index is 1.58. The van der Waals surface area contributed by atoms with E-state index in [1.807, 2.05) is 54.6 Å². The fourth-order valence-corrected chi connectivity index (χ4v) is 4.24. The Morgan fingerprint density at radius 3 is 2.59 bits per heavy atom. The van der Waals surface area contributed by atoms with E-state index in [4.69, 9.17) is 21.4 Å². The van der Waals surface area contributed by atoms with Gasteiger partial charge in [0.05, 0.1) is 11.8 Å². The van der Waals surface area contributed by atoms with Crippen LogP contribution in [-0.4, -0.2) is 22.7 Å². The summed E-state index contributed by atoms with van der Waals surface area (Å²) in [4.78, 5) is 13.2. The SMILES string of the molecule is O=C(c1ccccc1)[C@@H]1Oc2ccc(Cl)cc2[C@H]2CC(c3ccc(Br)cc3)=NN21. The van der Waals surface area contributed by atoms with E-state index >= 15 is 0 Å². The summed E-state index contributed by atoms with van der Waals surface area (Å²) < 4.78 is 7.13. The molecule has 2 aliphatic rings. The van der Waals surface area contributed by atoms with E-state index < -0.39 is 6.23 Å². The Kier molecular flexibility index (Phi) is 4.64. The number of ketones is 1. The normalized spacial score (nSPS) is 19.8. The van der Waals surface area contributed by atoms with E-state index in [2.05, 4.69) is 15.9 Å². The number of ether oxygens (including phenoxy) is 1. The molecule has 0 spiro atoms. The number of hydrazone groups is 1. The smallest absolute Gasteiger partial charge is 0.251 e. The van der Waals surface area contributed by atoms with Crippen molar-refractivity contribution in [1.82, 2.24) is 5.01 Å². The minimum absolute atomic E-state index is 0.103. The summed E-state index contributed by atoms with van der Waals surface area (Å²) in [6, 6.07) is 22.6. The van der Waals surface area contributed by atoms with Crippen molar-refractivity contribution in [2.45, 2.75) is 18.7 Å². The largest absolute Gasteiger partial charge is 0.461 e. The third-order valence-corrected chi connectivity index (χ3v) is 5.98. The zero-order chi connectivity index (χ0) is 20.0. The van der Waals surface area contributed by atoms with E-state index in [1.54, 1.807) is 23.2 Å². The van der Waals surface area contributed by atoms with Crippen LogP contribution in [0.5, 0.6) is 5.75 Å². The molecular formula is C23H16BrClN2O2. The summed E-state index contributed by atoms with van der Waals surface area (Å²) in [5.41, 5.74) is 3.49. The molecule has 0 N–H and O–H groups in total. The summed E-state index contributed by atoms with van der Waals surface area (Å²) >= 11 is 9.72. The molecule has 3 aromatic carbocycles. The highest BCUT2D eigenvalue weighted by Crippen LogP contribution is 2.44. The lowest BCUT2D eigenvalue weighted by atomic mass is 9.96. The summed E-state index contributed by atoms with van der Waals surface area (Å²) in [6.07, 6.45) is -0.138. The highest BCUT2D eigenvalue weighted by molar-refractivity contribution is 9.10. The third-order valence-electron chi connectivity index (χ3n) is 5.21. The second-order valence-corrected chi connectivity index (χ2v) is 8.39. The van der Waals surface area contributed by atoms with Gasteiger partial charge in [-0.3, -0.25) is 4.79 Å². The van der Waals surface area contributed by atoms with Crippen LogP contribution in [0.1, 0.15) is 33.9 Å². The second-order valence-electron chi connectivity index (χ2n) is 7.04. The van der Waals surface area contributed by atoms with Gasteiger partial charge >= 0.3 is 0 Å². The van der Waals surface area contributed by atoms with E-state index in [0.717, 1.165) is 21.3 Å². The van der Waals surface area contributed by atoms with Gasteiger partial charge in [-0.05, 0) is 35.9 Å². The zero-order valence-electron chi connectivity index (χ0n) is 15.3. The number of carbonyl (C=O) groups is 1. The lowest BCUT2D eigenvalue weighted by molar-refractivity contribution is -0.00455. The Labute approximate surface area is 181 Å². The number of fused-ring (bicyclic) bond motifs is 3. The molecule has 0 fully saturated rings. The van der Waals surface area contributed by atoms with Gasteiger partial charge in [0.25, 0.3) is 6.23 Å². The standard InChI is InChI=1S/C23H16BrClN2O2/c24-16-8-6-14(7-9-16)19-13-20-18-12-17(25)10-11-21(18)29-23(27(20)26-19)22(28)15-4-2-1-3-5-15/h1-12,20,23H,13H2/t20-,23+/m1/s1. The van der Waals surface area contributed by atoms with Gasteiger partial charge < -0.3 is 4.74 Å². The topological polar surface area (TPSA) is 41.9 Å². The van der Waals surface area contributed by atoms with E-state index in [1.165, 1.54) is 0 Å². The first-order chi connectivity index (χ1) is 14.1. The molecule has 0 amide bonds. The maximum absolute atomic E-state index is 13.2. The fourth-order valence-electron chi connectivity index (χ4n) is 3.79. The minimum atomic E-state index is -0.816. The summed E-state index contributed by atoms with van der Waals surface area (Å²) in [7, 11) is 0. The molecule has 2 aliphatic heterocycles. The fraction of sp³-hybridized carbons (Fsp3) is 0.130. The van der Waals surface area contributed by atoms with Gasteiger partial charge in [-0.25, -0.2) is 5.01 Å². The average Bonchev–Trinajstić information content (AvgIpc) is 3.20. The van der Waals surface area contributed by atoms with Crippen molar-refractivity contribution in [1.29, 1.82) is 0 Å². The van der Waals surface area contributed by atoms with Gasteiger partial charge in [-0.15, -0.1) is 0 Å². The van der Waals surface area contributed by atoms with Crippen molar-refractivity contribution in [2.75, 3.05) is 0 Å². The Bertz CT molecular complexity index is 1120. The molecule has 0 aliphatic carbocycles. The summed E-state index contributed by atoms with van der Waals surface area (Å²) in [6.45, 7) is 0. The third kappa shape index (κ3) is 3.34. The van der Waals surface area contributed by atoms with Crippen molar-refractivity contribution in [3.05, 3.63) is 99.0 Å². The van der Waals surface area contributed by atoms with Crippen LogP contribution in [-0.2, 0) is 0 Å². The van der Waals surface area contributed by atoms with Crippen molar-refractivity contribution in [3.8, 4) is 5.75 Å². The lowest BCUT2D eigenvalue weighted by Gasteiger charge is -2.37. The van der Waals surface area contributed by atoms with Crippen LogP contribution in [0, 0.1) is 0 Å². The van der Waals surface area contributed by atoms with E-state index in [0.29, 0.717) is 22.8 Å². The van der Waals surface area contributed by atoms with Gasteiger partial charge in [-0.1, -0.05) is 70.0 Å². The molecule has 5 rings (SSSR count). The molecule has 2 heterocycles. The van der Waals surface area contributed by atoms with Crippen LogP contribution in [0.25, 0.3) is 0 Å². The molecule has 0 unspecified atom stereocenters. The average molecular weight is 468 g/mol. The molecule has 29 heavy (non-hydrogen) atoms. The molecule has 0 radical (unpaired) electrons. The predicted molar refractivity (Wildman–Crippen MR) is 117 cm³/mol. The summed E-state index contributed by atoms with van der Waals surface area (Å²) in [5, 5.41) is 7.23. The number of nitrogens with zero attached hydrogens (tertiary/aromatic N) is 2. The van der Waals surface area contributed by atoms with Crippen molar-refractivity contribution in [2.24, 2.45) is 5.10 Å². The molecular weight excluding hydrogens is 452 g/mol. The Morgan fingerprint density at radius 1 is 1.07 bits per heavy atom. The first kappa shape index (κ1) is 18.4.